The minimum atomic E-state index is -0.0321. The number of nitrogens with one attached hydrogen (secondary N) is 1. The lowest BCUT2D eigenvalue weighted by atomic mass is 10.1. The van der Waals surface area contributed by atoms with Gasteiger partial charge in [0.1, 0.15) is 12.7 Å². The lowest BCUT2D eigenvalue weighted by molar-refractivity contribution is -0.0646. The van der Waals surface area contributed by atoms with Crippen molar-refractivity contribution in [3.8, 4) is 0 Å². The second kappa shape index (κ2) is 8.11. The molecule has 0 aliphatic carbocycles. The molecule has 1 aromatic carbocycles. The Labute approximate surface area is 148 Å². The van der Waals surface area contributed by atoms with Crippen LogP contribution in [-0.4, -0.2) is 51.0 Å². The van der Waals surface area contributed by atoms with Gasteiger partial charge in [-0.15, -0.1) is 0 Å². The Kier molecular flexibility index (Phi) is 5.65. The number of hydrogen-bond acceptors (Lipinski definition) is 4. The molecule has 1 N–H and O–H groups in total. The maximum Gasteiger partial charge on any atom is 0.317 e. The Balaban J connectivity index is 1.55. The van der Waals surface area contributed by atoms with Gasteiger partial charge in [-0.2, -0.15) is 5.10 Å². The standard InChI is InChI=1S/C18H25N5O2/c1-3-17-11-22(9-14(2)25-17)18(24)20-8-15-5-4-6-16(7-15)10-23-13-19-12-21-23/h4-7,12-14,17H,3,8-11H2,1-2H3,(H,20,24)/t14-,17-/m0/s1. The van der Waals surface area contributed by atoms with Crippen LogP contribution in [0.3, 0.4) is 0 Å². The minimum absolute atomic E-state index is 0.0321. The molecule has 1 saturated heterocycles. The molecule has 2 atom stereocenters. The third-order valence-corrected chi connectivity index (χ3v) is 4.32. The van der Waals surface area contributed by atoms with Crippen LogP contribution in [0.25, 0.3) is 0 Å². The number of ether oxygens (including phenoxy) is 1. The van der Waals surface area contributed by atoms with Gasteiger partial charge in [-0.05, 0) is 24.5 Å². The van der Waals surface area contributed by atoms with E-state index in [2.05, 4.69) is 28.4 Å². The van der Waals surface area contributed by atoms with Gasteiger partial charge in [-0.1, -0.05) is 31.2 Å². The van der Waals surface area contributed by atoms with E-state index in [1.165, 1.54) is 6.33 Å². The highest BCUT2D eigenvalue weighted by atomic mass is 16.5. The molecule has 1 aromatic heterocycles. The number of urea groups is 1. The molecule has 0 radical (unpaired) electrons. The maximum absolute atomic E-state index is 12.5. The molecule has 7 heteroatoms. The zero-order chi connectivity index (χ0) is 17.6. The second-order valence-electron chi connectivity index (χ2n) is 6.45. The molecule has 2 amide bonds. The van der Waals surface area contributed by atoms with Crippen molar-refractivity contribution >= 4 is 6.03 Å². The molecular weight excluding hydrogens is 318 g/mol. The van der Waals surface area contributed by atoms with E-state index in [0.717, 1.165) is 17.5 Å². The maximum atomic E-state index is 12.5. The number of morpholine rings is 1. The van der Waals surface area contributed by atoms with Crippen molar-refractivity contribution < 1.29 is 9.53 Å². The van der Waals surface area contributed by atoms with Crippen LogP contribution in [0.4, 0.5) is 4.79 Å². The highest BCUT2D eigenvalue weighted by molar-refractivity contribution is 5.74. The highest BCUT2D eigenvalue weighted by Crippen LogP contribution is 2.14. The first-order valence-corrected chi connectivity index (χ1v) is 8.72. The molecule has 2 heterocycles. The molecule has 3 rings (SSSR count). The highest BCUT2D eigenvalue weighted by Gasteiger charge is 2.27. The van der Waals surface area contributed by atoms with Crippen LogP contribution in [0.5, 0.6) is 0 Å². The first-order valence-electron chi connectivity index (χ1n) is 8.72. The van der Waals surface area contributed by atoms with E-state index in [9.17, 15) is 4.79 Å². The molecule has 0 bridgehead atoms. The second-order valence-corrected chi connectivity index (χ2v) is 6.45. The minimum Gasteiger partial charge on any atom is -0.372 e. The van der Waals surface area contributed by atoms with Crippen LogP contribution in [-0.2, 0) is 17.8 Å². The largest absolute Gasteiger partial charge is 0.372 e. The van der Waals surface area contributed by atoms with Crippen LogP contribution in [0, 0.1) is 0 Å². The first kappa shape index (κ1) is 17.4. The monoisotopic (exact) mass is 343 g/mol. The van der Waals surface area contributed by atoms with Crippen molar-refractivity contribution in [3.05, 3.63) is 48.0 Å². The quantitative estimate of drug-likeness (QED) is 0.902. The summed E-state index contributed by atoms with van der Waals surface area (Å²) in [7, 11) is 0. The van der Waals surface area contributed by atoms with E-state index in [1.807, 2.05) is 30.0 Å². The smallest absolute Gasteiger partial charge is 0.317 e. The van der Waals surface area contributed by atoms with Gasteiger partial charge in [0.2, 0.25) is 0 Å². The van der Waals surface area contributed by atoms with E-state index in [1.54, 1.807) is 11.0 Å². The van der Waals surface area contributed by atoms with Gasteiger partial charge in [0.15, 0.2) is 0 Å². The number of amides is 2. The summed E-state index contributed by atoms with van der Waals surface area (Å²) in [4.78, 5) is 18.3. The Morgan fingerprint density at radius 2 is 2.20 bits per heavy atom. The van der Waals surface area contributed by atoms with Crippen molar-refractivity contribution in [3.63, 3.8) is 0 Å². The summed E-state index contributed by atoms with van der Waals surface area (Å²) in [6.07, 6.45) is 4.34. The lowest BCUT2D eigenvalue weighted by Crippen LogP contribution is -2.52. The van der Waals surface area contributed by atoms with E-state index in [4.69, 9.17) is 4.74 Å². The van der Waals surface area contributed by atoms with Crippen molar-refractivity contribution in [1.82, 2.24) is 25.0 Å². The van der Waals surface area contributed by atoms with Crippen molar-refractivity contribution in [2.24, 2.45) is 0 Å². The van der Waals surface area contributed by atoms with E-state index in [0.29, 0.717) is 26.2 Å². The van der Waals surface area contributed by atoms with E-state index in [-0.39, 0.29) is 18.2 Å². The van der Waals surface area contributed by atoms with Crippen LogP contribution >= 0.6 is 0 Å². The van der Waals surface area contributed by atoms with Crippen LogP contribution < -0.4 is 5.32 Å². The van der Waals surface area contributed by atoms with Gasteiger partial charge < -0.3 is 15.0 Å². The normalized spacial score (nSPS) is 20.5. The number of aromatic nitrogens is 3. The molecule has 0 unspecified atom stereocenters. The lowest BCUT2D eigenvalue weighted by Gasteiger charge is -2.36. The molecule has 1 fully saturated rings. The van der Waals surface area contributed by atoms with Crippen LogP contribution in [0.1, 0.15) is 31.4 Å². The summed E-state index contributed by atoms with van der Waals surface area (Å²) in [6.45, 7) is 6.55. The van der Waals surface area contributed by atoms with Crippen molar-refractivity contribution in [1.29, 1.82) is 0 Å². The average Bonchev–Trinajstić information content (AvgIpc) is 3.12. The topological polar surface area (TPSA) is 72.3 Å². The summed E-state index contributed by atoms with van der Waals surface area (Å²) in [6, 6.07) is 8.11. The van der Waals surface area contributed by atoms with E-state index < -0.39 is 0 Å². The van der Waals surface area contributed by atoms with Crippen molar-refractivity contribution in [2.45, 2.75) is 45.6 Å². The molecule has 1 aliphatic rings. The van der Waals surface area contributed by atoms with E-state index >= 15 is 0 Å². The average molecular weight is 343 g/mol. The predicted octanol–water partition coefficient (Wildman–Crippen LogP) is 2.04. The number of rotatable bonds is 5. The molecule has 25 heavy (non-hydrogen) atoms. The zero-order valence-electron chi connectivity index (χ0n) is 14.8. The Hall–Kier alpha value is -2.41. The Morgan fingerprint density at radius 1 is 1.36 bits per heavy atom. The number of nitrogens with zero attached hydrogens (tertiary/aromatic N) is 4. The first-order chi connectivity index (χ1) is 12.1. The molecular formula is C18H25N5O2. The Morgan fingerprint density at radius 3 is 2.96 bits per heavy atom. The predicted molar refractivity (Wildman–Crippen MR) is 94.0 cm³/mol. The van der Waals surface area contributed by atoms with Crippen molar-refractivity contribution in [2.75, 3.05) is 13.1 Å². The fourth-order valence-electron chi connectivity index (χ4n) is 3.07. The number of carbonyl (C=O) groups is 1. The third-order valence-electron chi connectivity index (χ3n) is 4.32. The summed E-state index contributed by atoms with van der Waals surface area (Å²) < 4.78 is 7.58. The summed E-state index contributed by atoms with van der Waals surface area (Å²) >= 11 is 0. The van der Waals surface area contributed by atoms with Gasteiger partial charge in [0.25, 0.3) is 0 Å². The number of carbonyl (C=O) groups excluding carboxylic acids is 1. The number of benzene rings is 1. The van der Waals surface area contributed by atoms with Gasteiger partial charge in [0, 0.05) is 19.6 Å². The van der Waals surface area contributed by atoms with Gasteiger partial charge in [-0.3, -0.25) is 0 Å². The van der Waals surface area contributed by atoms with Gasteiger partial charge in [-0.25, -0.2) is 14.5 Å². The van der Waals surface area contributed by atoms with Crippen LogP contribution in [0.15, 0.2) is 36.9 Å². The molecule has 7 nitrogen and oxygen atoms in total. The van der Waals surface area contributed by atoms with Gasteiger partial charge in [0.05, 0.1) is 18.8 Å². The summed E-state index contributed by atoms with van der Waals surface area (Å²) in [5.41, 5.74) is 2.20. The fraction of sp³-hybridized carbons (Fsp3) is 0.500. The van der Waals surface area contributed by atoms with Crippen LogP contribution in [0.2, 0.25) is 0 Å². The zero-order valence-corrected chi connectivity index (χ0v) is 14.8. The fourth-order valence-corrected chi connectivity index (χ4v) is 3.07. The third kappa shape index (κ3) is 4.79. The molecule has 2 aromatic rings. The SMILES string of the molecule is CC[C@H]1CN(C(=O)NCc2cccc(Cn3cncn3)c2)C[C@H](C)O1. The molecule has 1 aliphatic heterocycles. The molecule has 0 saturated carbocycles. The number of hydrogen-bond donors (Lipinski definition) is 1. The summed E-state index contributed by atoms with van der Waals surface area (Å²) in [5.74, 6) is 0. The molecule has 134 valence electrons. The Bertz CT molecular complexity index is 689. The molecule has 0 spiro atoms. The van der Waals surface area contributed by atoms with Gasteiger partial charge >= 0.3 is 6.03 Å². The summed E-state index contributed by atoms with van der Waals surface area (Å²) in [5, 5.41) is 7.13.